The average Bonchev–Trinajstić information content (AvgIpc) is 3.25. The highest BCUT2D eigenvalue weighted by Gasteiger charge is 2.61. The first-order chi connectivity index (χ1) is 19.5. The fourth-order valence-corrected chi connectivity index (χ4v) is 10.3. The number of hydrogen-bond acceptors (Lipinski definition) is 4. The van der Waals surface area contributed by atoms with E-state index in [0.717, 1.165) is 23.5 Å². The summed E-state index contributed by atoms with van der Waals surface area (Å²) < 4.78 is 18.4. The molecular weight excluding hydrogens is 527 g/mol. The number of fused-ring (bicyclic) bond motifs is 5. The summed E-state index contributed by atoms with van der Waals surface area (Å²) in [6.45, 7) is 12.8. The maximum atomic E-state index is 11.7. The third-order valence-corrected chi connectivity index (χ3v) is 12.2. The Kier molecular flexibility index (Phi) is 7.60. The standard InChI is InChI=1S/C36H46O4P/c1-26-21-30(40-41(37,38-24-27-13-8-6-9-14-27)39-25-28-15-10-7-11-16-28)22-29-23-32-35(4)19-12-18-34(2,3)31(35)17-20-36(32,5)33(26)29/h6-11,13-16,21-22,31-32,37H,12,17-20,23-25H2,1-5H3/q+1/t31?,32-,35+,36-/m1/s1. The summed E-state index contributed by atoms with van der Waals surface area (Å²) in [5, 5.41) is 0. The molecule has 0 saturated heterocycles. The van der Waals surface area contributed by atoms with Crippen molar-refractivity contribution in [2.45, 2.75) is 91.8 Å². The Morgan fingerprint density at radius 1 is 0.805 bits per heavy atom. The summed E-state index contributed by atoms with van der Waals surface area (Å²) in [6, 6.07) is 23.9. The Morgan fingerprint density at radius 2 is 1.41 bits per heavy atom. The Balaban J connectivity index is 1.28. The molecular formula is C36H46O4P+. The molecule has 41 heavy (non-hydrogen) atoms. The van der Waals surface area contributed by atoms with Crippen LogP contribution in [0, 0.1) is 29.6 Å². The predicted octanol–water partition coefficient (Wildman–Crippen LogP) is 9.53. The molecule has 3 aromatic rings. The minimum absolute atomic E-state index is 0.176. The molecule has 0 aromatic heterocycles. The Labute approximate surface area is 247 Å². The van der Waals surface area contributed by atoms with Crippen LogP contribution in [-0.2, 0) is 34.1 Å². The van der Waals surface area contributed by atoms with Crippen LogP contribution in [0.1, 0.15) is 87.6 Å². The van der Waals surface area contributed by atoms with Gasteiger partial charge in [-0.25, -0.2) is 0 Å². The van der Waals surface area contributed by atoms with Crippen molar-refractivity contribution in [3.8, 4) is 5.75 Å². The van der Waals surface area contributed by atoms with Gasteiger partial charge in [0.25, 0.3) is 0 Å². The van der Waals surface area contributed by atoms with Crippen molar-refractivity contribution < 1.29 is 18.5 Å². The SMILES string of the molecule is Cc1cc(O[P+](O)(OCc2ccccc2)OCc2ccccc2)cc2c1[C@]1(C)CCC3C(C)(C)CCC[C@]3(C)[C@H]1C2. The lowest BCUT2D eigenvalue weighted by atomic mass is 9.43. The summed E-state index contributed by atoms with van der Waals surface area (Å²) in [4.78, 5) is 11.7. The molecule has 2 saturated carbocycles. The molecule has 3 aliphatic rings. The highest BCUT2D eigenvalue weighted by Crippen LogP contribution is 2.68. The van der Waals surface area contributed by atoms with Gasteiger partial charge in [-0.3, -0.25) is 4.52 Å². The molecule has 0 amide bonds. The predicted molar refractivity (Wildman–Crippen MR) is 166 cm³/mol. The molecule has 4 nitrogen and oxygen atoms in total. The van der Waals surface area contributed by atoms with Crippen molar-refractivity contribution in [1.82, 2.24) is 0 Å². The van der Waals surface area contributed by atoms with Crippen LogP contribution < -0.4 is 4.52 Å². The zero-order valence-corrected chi connectivity index (χ0v) is 26.3. The number of hydrogen-bond donors (Lipinski definition) is 1. The van der Waals surface area contributed by atoms with Crippen LogP contribution in [0.5, 0.6) is 5.75 Å². The molecule has 2 fully saturated rings. The van der Waals surface area contributed by atoms with Gasteiger partial charge in [0, 0.05) is 0 Å². The monoisotopic (exact) mass is 573 g/mol. The van der Waals surface area contributed by atoms with Crippen molar-refractivity contribution in [3.05, 3.63) is 101 Å². The molecule has 3 aliphatic carbocycles. The number of benzene rings is 3. The van der Waals surface area contributed by atoms with E-state index >= 15 is 0 Å². The lowest BCUT2D eigenvalue weighted by Crippen LogP contribution is -2.55. The van der Waals surface area contributed by atoms with Gasteiger partial charge >= 0.3 is 8.17 Å². The Bertz CT molecular complexity index is 1330. The molecule has 0 radical (unpaired) electrons. The molecule has 0 aliphatic heterocycles. The third kappa shape index (κ3) is 5.38. The molecule has 0 heterocycles. The van der Waals surface area contributed by atoms with E-state index in [1.165, 1.54) is 48.8 Å². The van der Waals surface area contributed by atoms with Gasteiger partial charge in [-0.1, -0.05) is 94.8 Å². The van der Waals surface area contributed by atoms with Crippen LogP contribution in [0.4, 0.5) is 0 Å². The van der Waals surface area contributed by atoms with Crippen LogP contribution in [0.2, 0.25) is 0 Å². The van der Waals surface area contributed by atoms with Gasteiger partial charge in [0.2, 0.25) is 0 Å². The highest BCUT2D eigenvalue weighted by atomic mass is 31.2. The van der Waals surface area contributed by atoms with E-state index in [1.54, 1.807) is 0 Å². The summed E-state index contributed by atoms with van der Waals surface area (Å²) in [7, 11) is -3.67. The van der Waals surface area contributed by atoms with Gasteiger partial charge in [-0.2, -0.15) is 4.89 Å². The van der Waals surface area contributed by atoms with Crippen molar-refractivity contribution in [2.24, 2.45) is 22.7 Å². The van der Waals surface area contributed by atoms with Crippen molar-refractivity contribution in [1.29, 1.82) is 0 Å². The summed E-state index contributed by atoms with van der Waals surface area (Å²) in [5.74, 6) is 2.02. The van der Waals surface area contributed by atoms with E-state index < -0.39 is 8.17 Å². The van der Waals surface area contributed by atoms with Gasteiger partial charge in [0.05, 0.1) is 0 Å². The topological polar surface area (TPSA) is 47.9 Å². The maximum absolute atomic E-state index is 11.7. The molecule has 5 heteroatoms. The molecule has 1 unspecified atom stereocenters. The summed E-state index contributed by atoms with van der Waals surface area (Å²) in [6.07, 6.45) is 7.61. The maximum Gasteiger partial charge on any atom is 0.619 e. The molecule has 6 rings (SSSR count). The van der Waals surface area contributed by atoms with E-state index in [4.69, 9.17) is 13.6 Å². The smallest absolute Gasteiger partial charge is 0.261 e. The first-order valence-corrected chi connectivity index (χ1v) is 16.8. The lowest BCUT2D eigenvalue weighted by Gasteiger charge is -2.61. The van der Waals surface area contributed by atoms with E-state index in [9.17, 15) is 4.89 Å². The van der Waals surface area contributed by atoms with E-state index in [0.29, 0.717) is 22.5 Å². The Hall–Kier alpha value is -2.23. The van der Waals surface area contributed by atoms with Crippen LogP contribution in [-0.4, -0.2) is 4.89 Å². The fourth-order valence-electron chi connectivity index (χ4n) is 9.17. The van der Waals surface area contributed by atoms with Gasteiger partial charge in [0.1, 0.15) is 13.2 Å². The zero-order chi connectivity index (χ0) is 28.9. The lowest BCUT2D eigenvalue weighted by molar-refractivity contribution is -0.0983. The molecule has 4 atom stereocenters. The highest BCUT2D eigenvalue weighted by molar-refractivity contribution is 7.55. The van der Waals surface area contributed by atoms with E-state index in [1.807, 2.05) is 60.7 Å². The zero-order valence-electron chi connectivity index (χ0n) is 25.4. The van der Waals surface area contributed by atoms with E-state index in [2.05, 4.69) is 46.8 Å². The molecule has 0 spiro atoms. The molecule has 3 aromatic carbocycles. The van der Waals surface area contributed by atoms with Gasteiger partial charge < -0.3 is 0 Å². The number of aryl methyl sites for hydroxylation is 1. The molecule has 0 bridgehead atoms. The van der Waals surface area contributed by atoms with Crippen LogP contribution in [0.25, 0.3) is 0 Å². The van der Waals surface area contributed by atoms with Crippen molar-refractivity contribution >= 4 is 8.17 Å². The van der Waals surface area contributed by atoms with Crippen molar-refractivity contribution in [2.75, 3.05) is 0 Å². The second kappa shape index (κ2) is 10.8. The minimum Gasteiger partial charge on any atom is -0.261 e. The fraction of sp³-hybridized carbons (Fsp3) is 0.500. The normalized spacial score (nSPS) is 28.4. The van der Waals surface area contributed by atoms with Crippen molar-refractivity contribution in [3.63, 3.8) is 0 Å². The van der Waals surface area contributed by atoms with Gasteiger partial charge in [0.15, 0.2) is 5.75 Å². The quantitative estimate of drug-likeness (QED) is 0.273. The van der Waals surface area contributed by atoms with Gasteiger partial charge in [-0.05, 0) is 107 Å². The van der Waals surface area contributed by atoms with Gasteiger partial charge in [-0.15, -0.1) is 9.05 Å². The number of rotatable bonds is 8. The minimum atomic E-state index is -3.67. The third-order valence-electron chi connectivity index (χ3n) is 10.9. The van der Waals surface area contributed by atoms with Crippen LogP contribution in [0.3, 0.4) is 0 Å². The summed E-state index contributed by atoms with van der Waals surface area (Å²) >= 11 is 0. The van der Waals surface area contributed by atoms with E-state index in [-0.39, 0.29) is 18.6 Å². The Morgan fingerprint density at radius 3 is 2.02 bits per heavy atom. The molecule has 218 valence electrons. The van der Waals surface area contributed by atoms with Crippen LogP contribution in [0.15, 0.2) is 72.8 Å². The molecule has 1 N–H and O–H groups in total. The van der Waals surface area contributed by atoms with Crippen LogP contribution >= 0.6 is 8.17 Å². The second-order valence-electron chi connectivity index (χ2n) is 14.0. The largest absolute Gasteiger partial charge is 0.619 e. The first-order valence-electron chi connectivity index (χ1n) is 15.3. The summed E-state index contributed by atoms with van der Waals surface area (Å²) in [5.41, 5.74) is 6.96. The second-order valence-corrected chi connectivity index (χ2v) is 15.6. The average molecular weight is 574 g/mol. The first kappa shape index (κ1) is 28.9.